The van der Waals surface area contributed by atoms with Gasteiger partial charge in [-0.2, -0.15) is 11.8 Å². The summed E-state index contributed by atoms with van der Waals surface area (Å²) in [6.07, 6.45) is 2.02. The molecule has 0 bridgehead atoms. The zero-order valence-electron chi connectivity index (χ0n) is 13.2. The van der Waals surface area contributed by atoms with Crippen LogP contribution in [-0.4, -0.2) is 33.0 Å². The van der Waals surface area contributed by atoms with E-state index in [9.17, 15) is 8.42 Å². The quantitative estimate of drug-likeness (QED) is 0.730. The van der Waals surface area contributed by atoms with Crippen molar-refractivity contribution in [1.29, 1.82) is 0 Å². The second kappa shape index (κ2) is 8.78. The van der Waals surface area contributed by atoms with E-state index in [2.05, 4.69) is 23.9 Å². The van der Waals surface area contributed by atoms with Crippen molar-refractivity contribution < 1.29 is 8.42 Å². The fraction of sp³-hybridized carbons (Fsp3) is 0.600. The van der Waals surface area contributed by atoms with Gasteiger partial charge in [0.15, 0.2) is 0 Å². The van der Waals surface area contributed by atoms with Crippen LogP contribution in [0.2, 0.25) is 0 Å². The maximum absolute atomic E-state index is 12.3. The Morgan fingerprint density at radius 2 is 1.95 bits per heavy atom. The topological polar surface area (TPSA) is 58.2 Å². The van der Waals surface area contributed by atoms with Gasteiger partial charge in [0, 0.05) is 19.1 Å². The molecular formula is C15H26N2O2S2. The van der Waals surface area contributed by atoms with Crippen LogP contribution >= 0.6 is 11.8 Å². The van der Waals surface area contributed by atoms with E-state index in [1.807, 2.05) is 19.2 Å². The van der Waals surface area contributed by atoms with E-state index in [4.69, 9.17) is 0 Å². The van der Waals surface area contributed by atoms with Gasteiger partial charge in [-0.3, -0.25) is 0 Å². The van der Waals surface area contributed by atoms with Crippen LogP contribution in [0.4, 0.5) is 0 Å². The smallest absolute Gasteiger partial charge is 0.240 e. The summed E-state index contributed by atoms with van der Waals surface area (Å²) in [6.45, 7) is 7.31. The Hall–Kier alpha value is -0.560. The second-order valence-corrected chi connectivity index (χ2v) is 8.27. The highest BCUT2D eigenvalue weighted by molar-refractivity contribution is 7.98. The molecule has 6 heteroatoms. The van der Waals surface area contributed by atoms with Gasteiger partial charge in [-0.05, 0) is 35.6 Å². The fourth-order valence-electron chi connectivity index (χ4n) is 1.82. The minimum atomic E-state index is -3.42. The van der Waals surface area contributed by atoms with Crippen molar-refractivity contribution in [2.75, 3.05) is 18.6 Å². The second-order valence-electron chi connectivity index (χ2n) is 5.60. The van der Waals surface area contributed by atoms with Crippen molar-refractivity contribution in [3.05, 3.63) is 29.8 Å². The third-order valence-corrected chi connectivity index (χ3v) is 5.32. The van der Waals surface area contributed by atoms with Crippen LogP contribution in [0.3, 0.4) is 0 Å². The first-order chi connectivity index (χ1) is 9.85. The Bertz CT molecular complexity index is 530. The first-order valence-corrected chi connectivity index (χ1v) is 10.0. The largest absolute Gasteiger partial charge is 0.310 e. The number of hydrogen-bond acceptors (Lipinski definition) is 4. The molecule has 1 atom stereocenters. The molecule has 0 aliphatic rings. The SMILES string of the molecule is CSCC(C)CNS(=O)(=O)c1cccc(CNC(C)C)c1. The van der Waals surface area contributed by atoms with Gasteiger partial charge < -0.3 is 5.32 Å². The van der Waals surface area contributed by atoms with Crippen molar-refractivity contribution in [3.63, 3.8) is 0 Å². The zero-order valence-corrected chi connectivity index (χ0v) is 14.9. The molecule has 21 heavy (non-hydrogen) atoms. The van der Waals surface area contributed by atoms with Gasteiger partial charge in [-0.1, -0.05) is 32.9 Å². The summed E-state index contributed by atoms with van der Waals surface area (Å²) in [6, 6.07) is 7.47. The Labute approximate surface area is 133 Å². The lowest BCUT2D eigenvalue weighted by Crippen LogP contribution is -2.29. The average molecular weight is 331 g/mol. The Morgan fingerprint density at radius 3 is 2.57 bits per heavy atom. The van der Waals surface area contributed by atoms with E-state index in [-0.39, 0.29) is 0 Å². The van der Waals surface area contributed by atoms with Crippen molar-refractivity contribution >= 4 is 21.8 Å². The minimum absolute atomic E-state index is 0.320. The van der Waals surface area contributed by atoms with E-state index < -0.39 is 10.0 Å². The molecule has 0 radical (unpaired) electrons. The standard InChI is InChI=1S/C15H26N2O2S2/c1-12(2)16-10-14-6-5-7-15(8-14)21(18,19)17-9-13(3)11-20-4/h5-8,12-13,16-17H,9-11H2,1-4H3. The van der Waals surface area contributed by atoms with Gasteiger partial charge in [0.2, 0.25) is 10.0 Å². The predicted molar refractivity (Wildman–Crippen MR) is 91.2 cm³/mol. The van der Waals surface area contributed by atoms with E-state index >= 15 is 0 Å². The highest BCUT2D eigenvalue weighted by Crippen LogP contribution is 2.12. The van der Waals surface area contributed by atoms with E-state index in [0.717, 1.165) is 11.3 Å². The van der Waals surface area contributed by atoms with Gasteiger partial charge in [0.05, 0.1) is 4.90 Å². The first-order valence-electron chi connectivity index (χ1n) is 7.16. The molecular weight excluding hydrogens is 304 g/mol. The summed E-state index contributed by atoms with van der Waals surface area (Å²) in [4.78, 5) is 0.335. The third kappa shape index (κ3) is 6.82. The highest BCUT2D eigenvalue weighted by atomic mass is 32.2. The maximum atomic E-state index is 12.3. The van der Waals surface area contributed by atoms with Crippen molar-refractivity contribution in [2.45, 2.75) is 38.3 Å². The van der Waals surface area contributed by atoms with Gasteiger partial charge in [0.1, 0.15) is 0 Å². The summed E-state index contributed by atoms with van der Waals surface area (Å²) in [5.74, 6) is 1.27. The Balaban J connectivity index is 2.72. The van der Waals surface area contributed by atoms with Crippen molar-refractivity contribution in [3.8, 4) is 0 Å². The molecule has 0 aliphatic carbocycles. The molecule has 0 heterocycles. The van der Waals surface area contributed by atoms with Crippen LogP contribution in [0.5, 0.6) is 0 Å². The number of thioether (sulfide) groups is 1. The molecule has 1 rings (SSSR count). The fourth-order valence-corrected chi connectivity index (χ4v) is 3.75. The molecule has 1 aromatic carbocycles. The van der Waals surface area contributed by atoms with E-state index in [1.54, 1.807) is 30.0 Å². The number of hydrogen-bond donors (Lipinski definition) is 2. The molecule has 0 saturated carbocycles. The first kappa shape index (κ1) is 18.5. The lowest BCUT2D eigenvalue weighted by Gasteiger charge is -2.13. The molecule has 0 spiro atoms. The lowest BCUT2D eigenvalue weighted by molar-refractivity contribution is 0.562. The molecule has 0 aliphatic heterocycles. The van der Waals surface area contributed by atoms with Gasteiger partial charge >= 0.3 is 0 Å². The van der Waals surface area contributed by atoms with Crippen LogP contribution < -0.4 is 10.0 Å². The molecule has 0 fully saturated rings. The van der Waals surface area contributed by atoms with Crippen LogP contribution in [0.25, 0.3) is 0 Å². The normalized spacial score (nSPS) is 13.6. The molecule has 0 amide bonds. The van der Waals surface area contributed by atoms with Crippen LogP contribution in [0.1, 0.15) is 26.3 Å². The molecule has 4 nitrogen and oxygen atoms in total. The molecule has 0 saturated heterocycles. The zero-order chi connectivity index (χ0) is 15.9. The van der Waals surface area contributed by atoms with Crippen molar-refractivity contribution in [1.82, 2.24) is 10.0 Å². The Morgan fingerprint density at radius 1 is 1.24 bits per heavy atom. The van der Waals surface area contributed by atoms with Gasteiger partial charge in [-0.15, -0.1) is 0 Å². The average Bonchev–Trinajstić information content (AvgIpc) is 2.44. The minimum Gasteiger partial charge on any atom is -0.310 e. The molecule has 120 valence electrons. The Kier molecular flexibility index (Phi) is 7.73. The number of rotatable bonds is 9. The highest BCUT2D eigenvalue weighted by Gasteiger charge is 2.15. The molecule has 2 N–H and O–H groups in total. The lowest BCUT2D eigenvalue weighted by atomic mass is 10.2. The summed E-state index contributed by atoms with van der Waals surface area (Å²) in [5.41, 5.74) is 0.976. The number of nitrogens with one attached hydrogen (secondary N) is 2. The maximum Gasteiger partial charge on any atom is 0.240 e. The van der Waals surface area contributed by atoms with Crippen LogP contribution in [0.15, 0.2) is 29.2 Å². The van der Waals surface area contributed by atoms with Crippen LogP contribution in [-0.2, 0) is 16.6 Å². The van der Waals surface area contributed by atoms with E-state index in [1.165, 1.54) is 0 Å². The van der Waals surface area contributed by atoms with E-state index in [0.29, 0.717) is 29.9 Å². The van der Waals surface area contributed by atoms with Crippen molar-refractivity contribution in [2.24, 2.45) is 5.92 Å². The third-order valence-electron chi connectivity index (χ3n) is 3.00. The van der Waals surface area contributed by atoms with Gasteiger partial charge in [0.25, 0.3) is 0 Å². The summed E-state index contributed by atoms with van der Waals surface area (Å²) < 4.78 is 27.3. The molecule has 1 aromatic rings. The summed E-state index contributed by atoms with van der Waals surface area (Å²) in [7, 11) is -3.42. The monoisotopic (exact) mass is 330 g/mol. The number of sulfonamides is 1. The predicted octanol–water partition coefficient (Wildman–Crippen LogP) is 2.46. The molecule has 0 aromatic heterocycles. The summed E-state index contributed by atoms with van der Waals surface area (Å²) >= 11 is 1.72. The number of benzene rings is 1. The molecule has 1 unspecified atom stereocenters. The van der Waals surface area contributed by atoms with Gasteiger partial charge in [-0.25, -0.2) is 13.1 Å². The van der Waals surface area contributed by atoms with Crippen LogP contribution in [0, 0.1) is 5.92 Å². The summed E-state index contributed by atoms with van der Waals surface area (Å²) in [5, 5.41) is 3.29.